The topological polar surface area (TPSA) is 47.0 Å². The maximum absolute atomic E-state index is 5.50. The average Bonchev–Trinajstić information content (AvgIpc) is 2.73. The summed E-state index contributed by atoms with van der Waals surface area (Å²) in [5.74, 6) is 0.672. The molecule has 1 aliphatic heterocycles. The lowest BCUT2D eigenvalue weighted by Crippen LogP contribution is -2.19. The molecule has 0 aliphatic carbocycles. The van der Waals surface area contributed by atoms with Crippen LogP contribution in [0.1, 0.15) is 18.5 Å². The SMILES string of the molecule is Cc1nc(NCC2CCCO2)ncc1Br. The van der Waals surface area contributed by atoms with Gasteiger partial charge in [-0.15, -0.1) is 0 Å². The minimum absolute atomic E-state index is 0.317. The first-order chi connectivity index (χ1) is 7.25. The van der Waals surface area contributed by atoms with Crippen LogP contribution in [0.4, 0.5) is 5.95 Å². The molecule has 0 spiro atoms. The van der Waals surface area contributed by atoms with Crippen LogP contribution in [0, 0.1) is 6.92 Å². The number of halogens is 1. The Bertz CT molecular complexity index is 339. The number of aryl methyl sites for hydroxylation is 1. The highest BCUT2D eigenvalue weighted by molar-refractivity contribution is 9.10. The largest absolute Gasteiger partial charge is 0.376 e. The second-order valence-corrected chi connectivity index (χ2v) is 4.50. The second kappa shape index (κ2) is 4.90. The van der Waals surface area contributed by atoms with Gasteiger partial charge in [0, 0.05) is 19.3 Å². The van der Waals surface area contributed by atoms with Gasteiger partial charge >= 0.3 is 0 Å². The van der Waals surface area contributed by atoms with E-state index in [1.807, 2.05) is 6.92 Å². The third-order valence-corrected chi connectivity index (χ3v) is 3.21. The van der Waals surface area contributed by atoms with Crippen molar-refractivity contribution in [1.82, 2.24) is 9.97 Å². The number of rotatable bonds is 3. The van der Waals surface area contributed by atoms with Gasteiger partial charge in [0.1, 0.15) is 0 Å². The molecule has 0 bridgehead atoms. The van der Waals surface area contributed by atoms with Crippen LogP contribution in [-0.2, 0) is 4.74 Å². The quantitative estimate of drug-likeness (QED) is 0.915. The monoisotopic (exact) mass is 271 g/mol. The molecule has 2 heterocycles. The van der Waals surface area contributed by atoms with E-state index in [2.05, 4.69) is 31.2 Å². The number of nitrogens with one attached hydrogen (secondary N) is 1. The number of hydrogen-bond acceptors (Lipinski definition) is 4. The molecule has 0 saturated carbocycles. The van der Waals surface area contributed by atoms with Gasteiger partial charge in [0.05, 0.1) is 16.3 Å². The number of hydrogen-bond donors (Lipinski definition) is 1. The number of nitrogens with zero attached hydrogens (tertiary/aromatic N) is 2. The van der Waals surface area contributed by atoms with E-state index >= 15 is 0 Å². The van der Waals surface area contributed by atoms with Gasteiger partial charge in [-0.2, -0.15) is 0 Å². The van der Waals surface area contributed by atoms with Crippen LogP contribution in [0.2, 0.25) is 0 Å². The molecular formula is C10H14BrN3O. The van der Waals surface area contributed by atoms with Gasteiger partial charge in [-0.1, -0.05) is 0 Å². The summed E-state index contributed by atoms with van der Waals surface area (Å²) in [6.07, 6.45) is 4.37. The van der Waals surface area contributed by atoms with Crippen molar-refractivity contribution >= 4 is 21.9 Å². The highest BCUT2D eigenvalue weighted by Crippen LogP contribution is 2.15. The third-order valence-electron chi connectivity index (χ3n) is 2.43. The Labute approximate surface area is 97.6 Å². The third kappa shape index (κ3) is 2.89. The lowest BCUT2D eigenvalue weighted by atomic mass is 10.2. The summed E-state index contributed by atoms with van der Waals surface area (Å²) in [4.78, 5) is 8.48. The molecule has 1 aromatic heterocycles. The van der Waals surface area contributed by atoms with E-state index in [9.17, 15) is 0 Å². The molecule has 82 valence electrons. The zero-order valence-electron chi connectivity index (χ0n) is 8.66. The Morgan fingerprint density at radius 2 is 2.53 bits per heavy atom. The molecule has 1 atom stereocenters. The van der Waals surface area contributed by atoms with Crippen molar-refractivity contribution in [1.29, 1.82) is 0 Å². The zero-order valence-corrected chi connectivity index (χ0v) is 10.2. The summed E-state index contributed by atoms with van der Waals surface area (Å²) in [5, 5.41) is 3.19. The van der Waals surface area contributed by atoms with Crippen molar-refractivity contribution in [2.24, 2.45) is 0 Å². The molecule has 0 radical (unpaired) electrons. The van der Waals surface area contributed by atoms with Crippen LogP contribution in [0.3, 0.4) is 0 Å². The van der Waals surface area contributed by atoms with Crippen LogP contribution in [0.25, 0.3) is 0 Å². The van der Waals surface area contributed by atoms with Crippen LogP contribution in [0.5, 0.6) is 0 Å². The highest BCUT2D eigenvalue weighted by atomic mass is 79.9. The van der Waals surface area contributed by atoms with Gasteiger partial charge in [0.25, 0.3) is 0 Å². The Morgan fingerprint density at radius 1 is 1.67 bits per heavy atom. The fourth-order valence-corrected chi connectivity index (χ4v) is 1.74. The summed E-state index contributed by atoms with van der Waals surface area (Å²) < 4.78 is 6.44. The van der Waals surface area contributed by atoms with E-state index in [1.54, 1.807) is 6.20 Å². The number of anilines is 1. The van der Waals surface area contributed by atoms with Crippen LogP contribution in [0.15, 0.2) is 10.7 Å². The minimum atomic E-state index is 0.317. The van der Waals surface area contributed by atoms with Crippen LogP contribution >= 0.6 is 15.9 Å². The van der Waals surface area contributed by atoms with E-state index in [4.69, 9.17) is 4.74 Å². The normalized spacial score (nSPS) is 20.5. The Morgan fingerprint density at radius 3 is 3.20 bits per heavy atom. The summed E-state index contributed by atoms with van der Waals surface area (Å²) in [7, 11) is 0. The molecule has 2 rings (SSSR count). The fourth-order valence-electron chi connectivity index (χ4n) is 1.55. The van der Waals surface area contributed by atoms with E-state index in [0.29, 0.717) is 12.1 Å². The molecular weight excluding hydrogens is 258 g/mol. The minimum Gasteiger partial charge on any atom is -0.376 e. The Balaban J connectivity index is 1.90. The van der Waals surface area contributed by atoms with Gasteiger partial charge in [-0.3, -0.25) is 0 Å². The first-order valence-corrected chi connectivity index (χ1v) is 5.89. The standard InChI is InChI=1S/C10H14BrN3O/c1-7-9(11)6-13-10(14-7)12-5-8-3-2-4-15-8/h6,8H,2-5H2,1H3,(H,12,13,14). The molecule has 1 fully saturated rings. The van der Waals surface area contributed by atoms with Gasteiger partial charge in [0.15, 0.2) is 0 Å². The summed E-state index contributed by atoms with van der Waals surface area (Å²) in [5.41, 5.74) is 0.944. The van der Waals surface area contributed by atoms with Gasteiger partial charge in [-0.05, 0) is 35.7 Å². The van der Waals surface area contributed by atoms with Crippen molar-refractivity contribution in [2.45, 2.75) is 25.9 Å². The second-order valence-electron chi connectivity index (χ2n) is 3.64. The molecule has 1 saturated heterocycles. The Hall–Kier alpha value is -0.680. The molecule has 1 aliphatic rings. The molecule has 1 aromatic rings. The Kier molecular flexibility index (Phi) is 3.53. The van der Waals surface area contributed by atoms with Crippen molar-refractivity contribution in [3.8, 4) is 0 Å². The smallest absolute Gasteiger partial charge is 0.223 e. The molecule has 5 heteroatoms. The van der Waals surface area contributed by atoms with Crippen molar-refractivity contribution < 1.29 is 4.74 Å². The first kappa shape index (κ1) is 10.8. The van der Waals surface area contributed by atoms with Gasteiger partial charge < -0.3 is 10.1 Å². The molecule has 0 aromatic carbocycles. The average molecular weight is 272 g/mol. The van der Waals surface area contributed by atoms with E-state index in [-0.39, 0.29) is 0 Å². The summed E-state index contributed by atoms with van der Waals surface area (Å²) >= 11 is 3.37. The highest BCUT2D eigenvalue weighted by Gasteiger charge is 2.15. The van der Waals surface area contributed by atoms with Crippen LogP contribution in [-0.4, -0.2) is 29.2 Å². The summed E-state index contributed by atoms with van der Waals surface area (Å²) in [6, 6.07) is 0. The lowest BCUT2D eigenvalue weighted by Gasteiger charge is -2.10. The van der Waals surface area contributed by atoms with Gasteiger partial charge in [0.2, 0.25) is 5.95 Å². The molecule has 15 heavy (non-hydrogen) atoms. The maximum atomic E-state index is 5.50. The van der Waals surface area contributed by atoms with Crippen molar-refractivity contribution in [3.05, 3.63) is 16.4 Å². The van der Waals surface area contributed by atoms with Crippen molar-refractivity contribution in [3.63, 3.8) is 0 Å². The molecule has 0 amide bonds. The molecule has 1 N–H and O–H groups in total. The predicted octanol–water partition coefficient (Wildman–Crippen LogP) is 2.14. The lowest BCUT2D eigenvalue weighted by molar-refractivity contribution is 0.120. The van der Waals surface area contributed by atoms with Crippen molar-refractivity contribution in [2.75, 3.05) is 18.5 Å². The molecule has 4 nitrogen and oxygen atoms in total. The van der Waals surface area contributed by atoms with Crippen LogP contribution < -0.4 is 5.32 Å². The predicted molar refractivity (Wildman–Crippen MR) is 61.9 cm³/mol. The number of ether oxygens (including phenoxy) is 1. The maximum Gasteiger partial charge on any atom is 0.223 e. The summed E-state index contributed by atoms with van der Waals surface area (Å²) in [6.45, 7) is 3.62. The van der Waals surface area contributed by atoms with E-state index in [0.717, 1.165) is 36.2 Å². The number of aromatic nitrogens is 2. The first-order valence-electron chi connectivity index (χ1n) is 5.10. The zero-order chi connectivity index (χ0) is 10.7. The van der Waals surface area contributed by atoms with E-state index < -0.39 is 0 Å². The van der Waals surface area contributed by atoms with E-state index in [1.165, 1.54) is 0 Å². The molecule has 1 unspecified atom stereocenters. The van der Waals surface area contributed by atoms with Gasteiger partial charge in [-0.25, -0.2) is 9.97 Å². The fraction of sp³-hybridized carbons (Fsp3) is 0.600.